The van der Waals surface area contributed by atoms with E-state index in [1.807, 2.05) is 0 Å². The van der Waals surface area contributed by atoms with E-state index in [4.69, 9.17) is 4.74 Å². The zero-order valence-corrected chi connectivity index (χ0v) is 10.1. The largest absolute Gasteiger partial charge is 0.371 e. The average molecular weight is 292 g/mol. The molecular weight excluding hydrogens is 275 g/mol. The van der Waals surface area contributed by atoms with Gasteiger partial charge in [0.15, 0.2) is 0 Å². The number of ether oxygens (including phenoxy) is 1. The average Bonchev–Trinajstić information content (AvgIpc) is 2.89. The molecule has 3 rings (SSSR count). The first-order valence-electron chi connectivity index (χ1n) is 5.58. The van der Waals surface area contributed by atoms with E-state index in [0.29, 0.717) is 11.7 Å². The summed E-state index contributed by atoms with van der Waals surface area (Å²) >= 11 is 2.47. The highest BCUT2D eigenvalue weighted by atomic mass is 127. The molecule has 1 heterocycles. The van der Waals surface area contributed by atoms with E-state index >= 15 is 0 Å². The SMILES string of the molecule is ICC1CCCC2(CCC3CC32)O1. The number of fused-ring (bicyclic) bond motifs is 2. The van der Waals surface area contributed by atoms with Crippen LogP contribution in [0.1, 0.15) is 38.5 Å². The third-order valence-corrected chi connectivity index (χ3v) is 5.22. The van der Waals surface area contributed by atoms with Crippen LogP contribution in [0.25, 0.3) is 0 Å². The molecule has 0 amide bonds. The Morgan fingerprint density at radius 2 is 2.23 bits per heavy atom. The molecule has 0 aromatic rings. The van der Waals surface area contributed by atoms with E-state index in [1.165, 1.54) is 43.0 Å². The summed E-state index contributed by atoms with van der Waals surface area (Å²) in [6, 6.07) is 0. The summed E-state index contributed by atoms with van der Waals surface area (Å²) in [5.74, 6) is 2.03. The number of halogens is 1. The van der Waals surface area contributed by atoms with Gasteiger partial charge in [-0.3, -0.25) is 0 Å². The Kier molecular flexibility index (Phi) is 2.13. The predicted molar refractivity (Wildman–Crippen MR) is 61.2 cm³/mol. The molecule has 13 heavy (non-hydrogen) atoms. The molecule has 1 spiro atoms. The van der Waals surface area contributed by atoms with E-state index in [1.54, 1.807) is 0 Å². The molecule has 2 aliphatic carbocycles. The van der Waals surface area contributed by atoms with Gasteiger partial charge in [0.05, 0.1) is 11.7 Å². The van der Waals surface area contributed by atoms with E-state index < -0.39 is 0 Å². The zero-order valence-electron chi connectivity index (χ0n) is 7.97. The second-order valence-electron chi connectivity index (χ2n) is 4.99. The van der Waals surface area contributed by atoms with Crippen LogP contribution in [0.15, 0.2) is 0 Å². The smallest absolute Gasteiger partial charge is 0.0717 e. The van der Waals surface area contributed by atoms with Crippen LogP contribution in [-0.2, 0) is 4.74 Å². The molecule has 1 aliphatic heterocycles. The third kappa shape index (κ3) is 1.36. The molecule has 3 aliphatic rings. The van der Waals surface area contributed by atoms with Crippen molar-refractivity contribution in [2.24, 2.45) is 11.8 Å². The van der Waals surface area contributed by atoms with Gasteiger partial charge in [-0.25, -0.2) is 0 Å². The first-order chi connectivity index (χ1) is 6.34. The lowest BCUT2D eigenvalue weighted by atomic mass is 9.87. The monoisotopic (exact) mass is 292 g/mol. The molecule has 2 heteroatoms. The van der Waals surface area contributed by atoms with Crippen LogP contribution < -0.4 is 0 Å². The Hall–Kier alpha value is 0.690. The highest BCUT2D eigenvalue weighted by Crippen LogP contribution is 2.62. The molecule has 0 aromatic heterocycles. The maximum Gasteiger partial charge on any atom is 0.0717 e. The summed E-state index contributed by atoms with van der Waals surface area (Å²) in [5, 5.41) is 0. The molecule has 1 saturated heterocycles. The van der Waals surface area contributed by atoms with Crippen LogP contribution in [0.3, 0.4) is 0 Å². The Balaban J connectivity index is 1.75. The van der Waals surface area contributed by atoms with Crippen LogP contribution in [0, 0.1) is 11.8 Å². The van der Waals surface area contributed by atoms with Crippen LogP contribution in [0.4, 0.5) is 0 Å². The van der Waals surface area contributed by atoms with Gasteiger partial charge in [-0.1, -0.05) is 22.6 Å². The first kappa shape index (κ1) is 8.96. The second-order valence-corrected chi connectivity index (χ2v) is 5.87. The molecule has 1 nitrogen and oxygen atoms in total. The van der Waals surface area contributed by atoms with Crippen LogP contribution >= 0.6 is 22.6 Å². The van der Waals surface area contributed by atoms with Crippen molar-refractivity contribution < 1.29 is 4.74 Å². The lowest BCUT2D eigenvalue weighted by Crippen LogP contribution is -2.41. The van der Waals surface area contributed by atoms with E-state index in [0.717, 1.165) is 11.8 Å². The van der Waals surface area contributed by atoms with Gasteiger partial charge in [-0.15, -0.1) is 0 Å². The Bertz CT molecular complexity index is 218. The molecule has 0 bridgehead atoms. The Morgan fingerprint density at radius 3 is 2.85 bits per heavy atom. The van der Waals surface area contributed by atoms with Gasteiger partial charge in [0.1, 0.15) is 0 Å². The summed E-state index contributed by atoms with van der Waals surface area (Å²) < 4.78 is 7.52. The topological polar surface area (TPSA) is 9.23 Å². The Labute approximate surface area is 93.7 Å². The summed E-state index contributed by atoms with van der Waals surface area (Å²) in [4.78, 5) is 0. The molecular formula is C11H17IO. The minimum Gasteiger partial charge on any atom is -0.371 e. The van der Waals surface area contributed by atoms with Crippen molar-refractivity contribution in [3.8, 4) is 0 Å². The number of rotatable bonds is 1. The Morgan fingerprint density at radius 1 is 1.31 bits per heavy atom. The minimum absolute atomic E-state index is 0.374. The van der Waals surface area contributed by atoms with Gasteiger partial charge in [0.25, 0.3) is 0 Å². The van der Waals surface area contributed by atoms with E-state index in [-0.39, 0.29) is 0 Å². The molecule has 0 N–H and O–H groups in total. The number of alkyl halides is 1. The predicted octanol–water partition coefficient (Wildman–Crippen LogP) is 3.16. The van der Waals surface area contributed by atoms with Crippen molar-refractivity contribution >= 4 is 22.6 Å². The van der Waals surface area contributed by atoms with Crippen LogP contribution in [0.2, 0.25) is 0 Å². The van der Waals surface area contributed by atoms with Crippen molar-refractivity contribution in [2.45, 2.75) is 50.2 Å². The number of hydrogen-bond donors (Lipinski definition) is 0. The molecule has 0 radical (unpaired) electrons. The zero-order chi connectivity index (χ0) is 8.89. The van der Waals surface area contributed by atoms with Crippen molar-refractivity contribution in [1.82, 2.24) is 0 Å². The molecule has 4 atom stereocenters. The van der Waals surface area contributed by atoms with E-state index in [2.05, 4.69) is 22.6 Å². The standard InChI is InChI=1S/C11H17IO/c12-7-9-2-1-4-11(13-9)5-3-8-6-10(8)11/h8-10H,1-7H2. The molecule has 4 unspecified atom stereocenters. The molecule has 2 saturated carbocycles. The highest BCUT2D eigenvalue weighted by molar-refractivity contribution is 14.1. The quantitative estimate of drug-likeness (QED) is 0.533. The van der Waals surface area contributed by atoms with Crippen LogP contribution in [-0.4, -0.2) is 16.1 Å². The third-order valence-electron chi connectivity index (χ3n) is 4.24. The van der Waals surface area contributed by atoms with Crippen molar-refractivity contribution in [3.05, 3.63) is 0 Å². The lowest BCUT2D eigenvalue weighted by Gasteiger charge is -2.39. The minimum atomic E-state index is 0.374. The fraction of sp³-hybridized carbons (Fsp3) is 1.00. The van der Waals surface area contributed by atoms with Crippen molar-refractivity contribution in [3.63, 3.8) is 0 Å². The first-order valence-corrected chi connectivity index (χ1v) is 7.10. The molecule has 74 valence electrons. The van der Waals surface area contributed by atoms with Crippen molar-refractivity contribution in [2.75, 3.05) is 4.43 Å². The van der Waals surface area contributed by atoms with Crippen LogP contribution in [0.5, 0.6) is 0 Å². The van der Waals surface area contributed by atoms with E-state index in [9.17, 15) is 0 Å². The van der Waals surface area contributed by atoms with Gasteiger partial charge in [0, 0.05) is 4.43 Å². The normalized spacial score (nSPS) is 53.8. The summed E-state index contributed by atoms with van der Waals surface area (Å²) in [6.45, 7) is 0. The molecule has 0 aromatic carbocycles. The maximum atomic E-state index is 6.33. The fourth-order valence-electron chi connectivity index (χ4n) is 3.47. The van der Waals surface area contributed by atoms with Gasteiger partial charge >= 0.3 is 0 Å². The van der Waals surface area contributed by atoms with Crippen molar-refractivity contribution in [1.29, 1.82) is 0 Å². The maximum absolute atomic E-state index is 6.33. The highest BCUT2D eigenvalue weighted by Gasteiger charge is 2.59. The molecule has 3 fully saturated rings. The summed E-state index contributed by atoms with van der Waals surface area (Å²) in [6.07, 6.45) is 8.97. The summed E-state index contributed by atoms with van der Waals surface area (Å²) in [5.41, 5.74) is 0.374. The van der Waals surface area contributed by atoms with Gasteiger partial charge in [0.2, 0.25) is 0 Å². The van der Waals surface area contributed by atoms with Gasteiger partial charge in [-0.05, 0) is 50.4 Å². The van der Waals surface area contributed by atoms with Gasteiger partial charge in [-0.2, -0.15) is 0 Å². The van der Waals surface area contributed by atoms with Gasteiger partial charge < -0.3 is 4.74 Å². The second kappa shape index (κ2) is 3.09. The fourth-order valence-corrected chi connectivity index (χ4v) is 4.09. The number of hydrogen-bond acceptors (Lipinski definition) is 1. The lowest BCUT2D eigenvalue weighted by molar-refractivity contribution is -0.127. The summed E-state index contributed by atoms with van der Waals surface area (Å²) in [7, 11) is 0.